The number of rotatable bonds is 3. The van der Waals surface area contributed by atoms with Gasteiger partial charge in [-0.2, -0.15) is 0 Å². The Bertz CT molecular complexity index is 148. The van der Waals surface area contributed by atoms with Crippen LogP contribution in [0.2, 0.25) is 0 Å². The van der Waals surface area contributed by atoms with E-state index in [9.17, 15) is 0 Å². The maximum atomic E-state index is 8.89. The summed E-state index contributed by atoms with van der Waals surface area (Å²) in [6, 6.07) is 0. The molecule has 0 rings (SSSR count). The molecule has 1 N–H and O–H groups in total. The third-order valence-corrected chi connectivity index (χ3v) is 0.702. The first-order valence-corrected chi connectivity index (χ1v) is 4.22. The molecule has 0 atom stereocenters. The van der Waals surface area contributed by atoms with Gasteiger partial charge in [0.15, 0.2) is 0 Å². The zero-order valence-corrected chi connectivity index (χ0v) is 11.4. The largest absolute Gasteiger partial charge is 2.00 e. The van der Waals surface area contributed by atoms with Crippen LogP contribution in [-0.2, 0) is 26.4 Å². The van der Waals surface area contributed by atoms with E-state index in [1.807, 2.05) is 0 Å². The molecule has 0 fully saturated rings. The van der Waals surface area contributed by atoms with E-state index >= 15 is 0 Å². The molecule has 0 aliphatic rings. The van der Waals surface area contributed by atoms with Gasteiger partial charge in [-0.1, -0.05) is 13.3 Å². The molecule has 0 saturated heterocycles. The Kier molecular flexibility index (Phi) is 54.0. The van der Waals surface area contributed by atoms with Crippen molar-refractivity contribution in [1.82, 2.24) is 0 Å². The zero-order chi connectivity index (χ0) is 12.0. The molecular weight excluding hydrogens is 280 g/mol. The van der Waals surface area contributed by atoms with Gasteiger partial charge in [-0.05, 0) is 32.9 Å². The monoisotopic (exact) mass is 298 g/mol. The Hall–Kier alpha value is -0.594. The van der Waals surface area contributed by atoms with Crippen molar-refractivity contribution in [3.8, 4) is 0 Å². The van der Waals surface area contributed by atoms with Crippen molar-refractivity contribution in [2.75, 3.05) is 0 Å². The second-order valence-corrected chi connectivity index (χ2v) is 2.33. The Morgan fingerprint density at radius 2 is 1.44 bits per heavy atom. The number of carboxylic acid groups (broad SMARTS) is 2. The van der Waals surface area contributed by atoms with Gasteiger partial charge < -0.3 is 25.2 Å². The second kappa shape index (κ2) is 29.3. The number of carbonyl (C=O) groups excluding carboxylic acids is 2. The van der Waals surface area contributed by atoms with Gasteiger partial charge in [-0.3, -0.25) is 0 Å². The SMILES string of the molecule is CC(=O)[O-].CC(=O)[O-].CCCCC=N.Cl.[Co+2]. The number of halogens is 1. The van der Waals surface area contributed by atoms with Crippen molar-refractivity contribution in [2.45, 2.75) is 40.0 Å². The molecule has 7 heteroatoms. The first-order chi connectivity index (χ1) is 6.38. The van der Waals surface area contributed by atoms with Crippen molar-refractivity contribution in [3.05, 3.63) is 0 Å². The number of nitrogens with one attached hydrogen (secondary N) is 1. The van der Waals surface area contributed by atoms with Crippen molar-refractivity contribution < 1.29 is 36.6 Å². The molecule has 5 nitrogen and oxygen atoms in total. The van der Waals surface area contributed by atoms with Crippen molar-refractivity contribution in [2.24, 2.45) is 0 Å². The summed E-state index contributed by atoms with van der Waals surface area (Å²) in [7, 11) is 0. The molecule has 0 heterocycles. The van der Waals surface area contributed by atoms with E-state index in [0.717, 1.165) is 20.3 Å². The predicted octanol–water partition coefficient (Wildman–Crippen LogP) is -0.242. The summed E-state index contributed by atoms with van der Waals surface area (Å²) in [5.74, 6) is -2.17. The van der Waals surface area contributed by atoms with Crippen LogP contribution in [0.4, 0.5) is 0 Å². The zero-order valence-electron chi connectivity index (χ0n) is 9.57. The van der Waals surface area contributed by atoms with Crippen LogP contribution in [0.25, 0.3) is 0 Å². The molecule has 0 spiro atoms. The molecule has 0 aliphatic carbocycles. The van der Waals surface area contributed by atoms with Crippen molar-refractivity contribution >= 4 is 30.6 Å². The van der Waals surface area contributed by atoms with Gasteiger partial charge in [0.2, 0.25) is 0 Å². The van der Waals surface area contributed by atoms with Gasteiger partial charge >= 0.3 is 16.8 Å². The summed E-state index contributed by atoms with van der Waals surface area (Å²) in [6.45, 7) is 4.07. The number of hydrogen-bond acceptors (Lipinski definition) is 5. The minimum atomic E-state index is -1.08. The maximum absolute atomic E-state index is 8.89. The summed E-state index contributed by atoms with van der Waals surface area (Å²) in [6.07, 6.45) is 4.79. The Labute approximate surface area is 113 Å². The third-order valence-electron chi connectivity index (χ3n) is 0.702. The van der Waals surface area contributed by atoms with E-state index in [1.54, 1.807) is 0 Å². The van der Waals surface area contributed by atoms with E-state index in [-0.39, 0.29) is 29.2 Å². The fraction of sp³-hybridized carbons (Fsp3) is 0.667. The number of hydrogen-bond donors (Lipinski definition) is 1. The van der Waals surface area contributed by atoms with Crippen molar-refractivity contribution in [1.29, 1.82) is 5.41 Å². The molecule has 16 heavy (non-hydrogen) atoms. The fourth-order valence-corrected chi connectivity index (χ4v) is 0.306. The van der Waals surface area contributed by atoms with Gasteiger partial charge in [0.05, 0.1) is 0 Å². The average molecular weight is 299 g/mol. The van der Waals surface area contributed by atoms with E-state index in [1.165, 1.54) is 19.1 Å². The molecule has 1 radical (unpaired) electrons. The molecule has 0 unspecified atom stereocenters. The van der Waals surface area contributed by atoms with Crippen LogP contribution < -0.4 is 10.2 Å². The predicted molar refractivity (Wildman–Crippen MR) is 56.9 cm³/mol. The fourth-order valence-electron chi connectivity index (χ4n) is 0.306. The molecular formula is C9H18ClCoNO4. The summed E-state index contributed by atoms with van der Waals surface area (Å²) in [5.41, 5.74) is 0. The standard InChI is InChI=1S/C5H11N.2C2H4O2.ClH.Co/c1-2-3-4-5-6;2*1-2(3)4;;/h5-6H,2-4H2,1H3;2*1H3,(H,3,4);1H;/q;;;;+2/p-2. The molecule has 0 amide bonds. The Morgan fingerprint density at radius 1 is 1.19 bits per heavy atom. The second-order valence-electron chi connectivity index (χ2n) is 2.33. The van der Waals surface area contributed by atoms with Crippen LogP contribution in [0.5, 0.6) is 0 Å². The summed E-state index contributed by atoms with van der Waals surface area (Å²) < 4.78 is 0. The molecule has 0 bridgehead atoms. The van der Waals surface area contributed by atoms with Crippen LogP contribution in [-0.4, -0.2) is 18.2 Å². The van der Waals surface area contributed by atoms with Crippen LogP contribution in [0.3, 0.4) is 0 Å². The van der Waals surface area contributed by atoms with Crippen molar-refractivity contribution in [3.63, 3.8) is 0 Å². The van der Waals surface area contributed by atoms with E-state index in [0.29, 0.717) is 0 Å². The summed E-state index contributed by atoms with van der Waals surface area (Å²) in [4.78, 5) is 17.8. The van der Waals surface area contributed by atoms with Crippen LogP contribution in [0.1, 0.15) is 40.0 Å². The Morgan fingerprint density at radius 3 is 1.50 bits per heavy atom. The number of unbranched alkanes of at least 4 members (excludes halogenated alkanes) is 2. The first-order valence-electron chi connectivity index (χ1n) is 4.22. The molecule has 0 aromatic heterocycles. The Balaban J connectivity index is -0.0000000367. The molecule has 99 valence electrons. The molecule has 0 aromatic rings. The van der Waals surface area contributed by atoms with Gasteiger partial charge in [-0.15, -0.1) is 12.4 Å². The average Bonchev–Trinajstić information content (AvgIpc) is 1.98. The third kappa shape index (κ3) is 356. The van der Waals surface area contributed by atoms with Crippen LogP contribution in [0.15, 0.2) is 0 Å². The van der Waals surface area contributed by atoms with Gasteiger partial charge in [0.25, 0.3) is 0 Å². The minimum Gasteiger partial charge on any atom is -0.550 e. The van der Waals surface area contributed by atoms with E-state index < -0.39 is 11.9 Å². The molecule has 0 saturated carbocycles. The first kappa shape index (κ1) is 29.5. The van der Waals surface area contributed by atoms with Gasteiger partial charge in [0, 0.05) is 11.9 Å². The normalized spacial score (nSPS) is 6.19. The number of carbonyl (C=O) groups is 2. The van der Waals surface area contributed by atoms with Gasteiger partial charge in [-0.25, -0.2) is 0 Å². The molecule has 0 aliphatic heterocycles. The van der Waals surface area contributed by atoms with E-state index in [2.05, 4.69) is 6.92 Å². The van der Waals surface area contributed by atoms with E-state index in [4.69, 9.17) is 25.2 Å². The smallest absolute Gasteiger partial charge is 0.550 e. The quantitative estimate of drug-likeness (QED) is 0.573. The minimum absolute atomic E-state index is 0. The van der Waals surface area contributed by atoms with Crippen LogP contribution in [0, 0.1) is 5.41 Å². The number of aliphatic carboxylic acids is 2. The summed E-state index contributed by atoms with van der Waals surface area (Å²) >= 11 is 0. The van der Waals surface area contributed by atoms with Crippen LogP contribution >= 0.6 is 12.4 Å². The molecule has 0 aromatic carbocycles. The summed E-state index contributed by atoms with van der Waals surface area (Å²) in [5, 5.41) is 24.4. The topological polar surface area (TPSA) is 104 Å². The number of carboxylic acids is 2. The maximum Gasteiger partial charge on any atom is 2.00 e. The van der Waals surface area contributed by atoms with Gasteiger partial charge in [0.1, 0.15) is 0 Å².